The van der Waals surface area contributed by atoms with E-state index in [0.29, 0.717) is 12.4 Å². The summed E-state index contributed by atoms with van der Waals surface area (Å²) in [7, 11) is 0. The highest BCUT2D eigenvalue weighted by molar-refractivity contribution is 5.84. The first-order valence-corrected chi connectivity index (χ1v) is 6.34. The Morgan fingerprint density at radius 1 is 1.40 bits per heavy atom. The van der Waals surface area contributed by atoms with Crippen LogP contribution in [-0.2, 0) is 13.0 Å². The van der Waals surface area contributed by atoms with Crippen molar-refractivity contribution in [2.45, 2.75) is 33.2 Å². The van der Waals surface area contributed by atoms with Crippen LogP contribution in [0.15, 0.2) is 16.8 Å². The number of carbonyl (C=O) groups is 1. The van der Waals surface area contributed by atoms with Gasteiger partial charge in [-0.1, -0.05) is 6.92 Å². The predicted octanol–water partition coefficient (Wildman–Crippen LogP) is 2.04. The Bertz CT molecular complexity index is 592. The number of carboxylic acids is 1. The molecule has 0 aliphatic carbocycles. The Morgan fingerprint density at radius 2 is 2.20 bits per heavy atom. The molecule has 7 heteroatoms. The summed E-state index contributed by atoms with van der Waals surface area (Å²) in [5, 5.41) is 11.8. The monoisotopic (exact) mass is 276 g/mol. The quantitative estimate of drug-likeness (QED) is 0.832. The minimum atomic E-state index is -1.10. The van der Waals surface area contributed by atoms with Gasteiger partial charge in [0.2, 0.25) is 0 Å². The molecule has 0 saturated heterocycles. The van der Waals surface area contributed by atoms with Gasteiger partial charge in [0.05, 0.1) is 24.6 Å². The first-order valence-electron chi connectivity index (χ1n) is 6.34. The van der Waals surface area contributed by atoms with Crippen molar-refractivity contribution in [3.05, 3.63) is 35.4 Å². The highest BCUT2D eigenvalue weighted by Gasteiger charge is 2.09. The maximum absolute atomic E-state index is 10.7. The molecule has 0 spiro atoms. The Balaban J connectivity index is 1.99. The van der Waals surface area contributed by atoms with E-state index in [-0.39, 0.29) is 5.69 Å². The molecule has 20 heavy (non-hydrogen) atoms. The van der Waals surface area contributed by atoms with Crippen molar-refractivity contribution in [2.24, 2.45) is 0 Å². The van der Waals surface area contributed by atoms with Crippen LogP contribution in [0.3, 0.4) is 0 Å². The summed E-state index contributed by atoms with van der Waals surface area (Å²) < 4.78 is 5.62. The van der Waals surface area contributed by atoms with Crippen molar-refractivity contribution >= 4 is 11.8 Å². The summed E-state index contributed by atoms with van der Waals surface area (Å²) in [5.41, 5.74) is 0.757. The van der Waals surface area contributed by atoms with Crippen LogP contribution in [0.5, 0.6) is 0 Å². The number of nitrogens with one attached hydrogen (secondary N) is 1. The maximum atomic E-state index is 10.7. The molecule has 2 aromatic heterocycles. The normalized spacial score (nSPS) is 10.5. The number of aryl methyl sites for hydroxylation is 2. The Hall–Kier alpha value is -2.44. The smallest absolute Gasteiger partial charge is 0.356 e. The van der Waals surface area contributed by atoms with Gasteiger partial charge in [0.1, 0.15) is 11.6 Å². The lowest BCUT2D eigenvalue weighted by Crippen LogP contribution is -2.05. The van der Waals surface area contributed by atoms with E-state index in [1.54, 1.807) is 0 Å². The van der Waals surface area contributed by atoms with Crippen LogP contribution in [-0.4, -0.2) is 26.0 Å². The molecule has 0 amide bonds. The minimum absolute atomic E-state index is 0.0865. The Labute approximate surface area is 116 Å². The molecule has 0 radical (unpaired) electrons. The lowest BCUT2D eigenvalue weighted by atomic mass is 10.3. The second-order valence-electron chi connectivity index (χ2n) is 4.31. The number of aromatic carboxylic acids is 1. The number of nitrogens with zero attached hydrogens (tertiary/aromatic N) is 3. The first kappa shape index (κ1) is 14.0. The molecule has 0 aliphatic heterocycles. The molecule has 2 N–H and O–H groups in total. The van der Waals surface area contributed by atoms with E-state index in [9.17, 15) is 4.79 Å². The van der Waals surface area contributed by atoms with Crippen molar-refractivity contribution in [1.82, 2.24) is 15.0 Å². The summed E-state index contributed by atoms with van der Waals surface area (Å²) in [6.07, 6.45) is 4.38. The lowest BCUT2D eigenvalue weighted by Gasteiger charge is -2.03. The summed E-state index contributed by atoms with van der Waals surface area (Å²) in [5.74, 6) is 0.869. The molecule has 2 heterocycles. The molecule has 0 aliphatic rings. The van der Waals surface area contributed by atoms with Crippen molar-refractivity contribution in [3.8, 4) is 0 Å². The molecule has 0 saturated carbocycles. The number of anilines is 1. The number of oxazole rings is 1. The SMILES string of the molecule is CCCc1nc(C)c(CNc2cnc(C(=O)O)cn2)o1. The van der Waals surface area contributed by atoms with Crippen LogP contribution in [0.1, 0.15) is 41.2 Å². The van der Waals surface area contributed by atoms with Crippen LogP contribution >= 0.6 is 0 Å². The fourth-order valence-corrected chi connectivity index (χ4v) is 1.67. The summed E-state index contributed by atoms with van der Waals surface area (Å²) in [4.78, 5) is 22.7. The topological polar surface area (TPSA) is 101 Å². The van der Waals surface area contributed by atoms with E-state index in [0.717, 1.165) is 30.2 Å². The average molecular weight is 276 g/mol. The van der Waals surface area contributed by atoms with E-state index < -0.39 is 5.97 Å². The van der Waals surface area contributed by atoms with Crippen molar-refractivity contribution in [1.29, 1.82) is 0 Å². The Kier molecular flexibility index (Phi) is 4.29. The van der Waals surface area contributed by atoms with E-state index in [2.05, 4.69) is 27.2 Å². The summed E-state index contributed by atoms with van der Waals surface area (Å²) >= 11 is 0. The first-order chi connectivity index (χ1) is 9.60. The molecule has 0 fully saturated rings. The molecular weight excluding hydrogens is 260 g/mol. The predicted molar refractivity (Wildman–Crippen MR) is 71.6 cm³/mol. The van der Waals surface area contributed by atoms with Crippen LogP contribution in [0.4, 0.5) is 5.82 Å². The largest absolute Gasteiger partial charge is 0.476 e. The standard InChI is InChI=1S/C13H16N4O3/c1-3-4-12-17-8(2)10(20-12)6-16-11-7-14-9(5-15-11)13(18)19/h5,7H,3-4,6H2,1-2H3,(H,15,16)(H,18,19). The number of hydrogen-bond donors (Lipinski definition) is 2. The molecule has 0 atom stereocenters. The van der Waals surface area contributed by atoms with E-state index in [4.69, 9.17) is 9.52 Å². The number of hydrogen-bond acceptors (Lipinski definition) is 6. The molecule has 0 unspecified atom stereocenters. The van der Waals surface area contributed by atoms with Crippen molar-refractivity contribution in [2.75, 3.05) is 5.32 Å². The lowest BCUT2D eigenvalue weighted by molar-refractivity contribution is 0.0690. The third-order valence-corrected chi connectivity index (χ3v) is 2.70. The van der Waals surface area contributed by atoms with Crippen LogP contribution < -0.4 is 5.32 Å². The summed E-state index contributed by atoms with van der Waals surface area (Å²) in [6, 6.07) is 0. The second-order valence-corrected chi connectivity index (χ2v) is 4.31. The second kappa shape index (κ2) is 6.14. The zero-order chi connectivity index (χ0) is 14.5. The fourth-order valence-electron chi connectivity index (χ4n) is 1.67. The average Bonchev–Trinajstić information content (AvgIpc) is 2.77. The van der Waals surface area contributed by atoms with Gasteiger partial charge in [-0.2, -0.15) is 0 Å². The van der Waals surface area contributed by atoms with Gasteiger partial charge in [-0.15, -0.1) is 0 Å². The third-order valence-electron chi connectivity index (χ3n) is 2.70. The molecule has 0 bridgehead atoms. The zero-order valence-corrected chi connectivity index (χ0v) is 11.4. The molecule has 106 valence electrons. The highest BCUT2D eigenvalue weighted by atomic mass is 16.4. The molecule has 0 aromatic carbocycles. The van der Waals surface area contributed by atoms with Crippen LogP contribution in [0.2, 0.25) is 0 Å². The van der Waals surface area contributed by atoms with E-state index in [1.165, 1.54) is 12.4 Å². The van der Waals surface area contributed by atoms with Gasteiger partial charge in [-0.05, 0) is 13.3 Å². The number of aromatic nitrogens is 3. The van der Waals surface area contributed by atoms with Gasteiger partial charge in [0, 0.05) is 6.42 Å². The van der Waals surface area contributed by atoms with E-state index >= 15 is 0 Å². The van der Waals surface area contributed by atoms with Crippen molar-refractivity contribution < 1.29 is 14.3 Å². The molecule has 2 rings (SSSR count). The Morgan fingerprint density at radius 3 is 2.80 bits per heavy atom. The minimum Gasteiger partial charge on any atom is -0.476 e. The highest BCUT2D eigenvalue weighted by Crippen LogP contribution is 2.13. The maximum Gasteiger partial charge on any atom is 0.356 e. The van der Waals surface area contributed by atoms with Gasteiger partial charge in [-0.3, -0.25) is 0 Å². The van der Waals surface area contributed by atoms with Gasteiger partial charge in [0.25, 0.3) is 0 Å². The van der Waals surface area contributed by atoms with Crippen LogP contribution in [0.25, 0.3) is 0 Å². The van der Waals surface area contributed by atoms with E-state index in [1.807, 2.05) is 6.92 Å². The van der Waals surface area contributed by atoms with Gasteiger partial charge >= 0.3 is 5.97 Å². The number of carboxylic acid groups (broad SMARTS) is 1. The fraction of sp³-hybridized carbons (Fsp3) is 0.385. The number of rotatable bonds is 6. The molecule has 2 aromatic rings. The van der Waals surface area contributed by atoms with Gasteiger partial charge in [-0.25, -0.2) is 19.7 Å². The zero-order valence-electron chi connectivity index (χ0n) is 11.4. The summed E-state index contributed by atoms with van der Waals surface area (Å²) in [6.45, 7) is 4.39. The van der Waals surface area contributed by atoms with Crippen LogP contribution in [0, 0.1) is 6.92 Å². The van der Waals surface area contributed by atoms with Gasteiger partial charge in [0.15, 0.2) is 11.6 Å². The third kappa shape index (κ3) is 3.31. The van der Waals surface area contributed by atoms with Gasteiger partial charge < -0.3 is 14.8 Å². The molecular formula is C13H16N4O3. The van der Waals surface area contributed by atoms with Crippen molar-refractivity contribution in [3.63, 3.8) is 0 Å². The molecule has 7 nitrogen and oxygen atoms in total.